The molecule has 0 fully saturated rings. The minimum atomic E-state index is 0.0169. The van der Waals surface area contributed by atoms with Crippen molar-refractivity contribution in [3.63, 3.8) is 0 Å². The molecule has 0 aromatic carbocycles. The number of amides is 1. The quantitative estimate of drug-likeness (QED) is 0.766. The number of nitrogens with one attached hydrogen (secondary N) is 1. The van der Waals surface area contributed by atoms with E-state index in [9.17, 15) is 4.79 Å². The van der Waals surface area contributed by atoms with Crippen molar-refractivity contribution in [1.82, 2.24) is 4.98 Å². The van der Waals surface area contributed by atoms with Crippen LogP contribution in [0.3, 0.4) is 0 Å². The van der Waals surface area contributed by atoms with Crippen LogP contribution in [0.5, 0.6) is 0 Å². The largest absolute Gasteiger partial charge is 0.330 e. The maximum Gasteiger partial charge on any atom is 0.224 e. The second-order valence-electron chi connectivity index (χ2n) is 3.67. The molecule has 0 aliphatic carbocycles. The molecule has 4 heteroatoms. The Morgan fingerprint density at radius 2 is 2.47 bits per heavy atom. The Bertz CT molecular complexity index is 300. The van der Waals surface area contributed by atoms with E-state index in [1.807, 2.05) is 13.0 Å². The van der Waals surface area contributed by atoms with Gasteiger partial charge in [-0.25, -0.2) is 0 Å². The molecule has 3 N–H and O–H groups in total. The van der Waals surface area contributed by atoms with Crippen molar-refractivity contribution in [2.45, 2.75) is 19.8 Å². The van der Waals surface area contributed by atoms with E-state index in [0.29, 0.717) is 18.9 Å². The molecule has 0 aliphatic rings. The molecule has 1 heterocycles. The Hall–Kier alpha value is -1.42. The molecule has 4 nitrogen and oxygen atoms in total. The number of carbonyl (C=O) groups is 1. The van der Waals surface area contributed by atoms with Crippen LogP contribution >= 0.6 is 0 Å². The van der Waals surface area contributed by atoms with Gasteiger partial charge in [0.15, 0.2) is 0 Å². The zero-order chi connectivity index (χ0) is 11.1. The second kappa shape index (κ2) is 6.14. The average Bonchev–Trinajstić information content (AvgIpc) is 2.27. The van der Waals surface area contributed by atoms with E-state index in [0.717, 1.165) is 12.1 Å². The van der Waals surface area contributed by atoms with E-state index in [1.165, 1.54) is 0 Å². The van der Waals surface area contributed by atoms with Crippen LogP contribution in [0.15, 0.2) is 24.5 Å². The first-order valence-corrected chi connectivity index (χ1v) is 5.12. The lowest BCUT2D eigenvalue weighted by Crippen LogP contribution is -2.16. The van der Waals surface area contributed by atoms with Crippen LogP contribution in [0.2, 0.25) is 0 Å². The van der Waals surface area contributed by atoms with Gasteiger partial charge in [-0.2, -0.15) is 0 Å². The fourth-order valence-electron chi connectivity index (χ4n) is 1.16. The first-order valence-electron chi connectivity index (χ1n) is 5.12. The highest BCUT2D eigenvalue weighted by atomic mass is 16.1. The molecule has 0 spiro atoms. The van der Waals surface area contributed by atoms with Crippen LogP contribution in [-0.2, 0) is 4.79 Å². The molecule has 1 aromatic rings. The lowest BCUT2D eigenvalue weighted by atomic mass is 10.1. The highest BCUT2D eigenvalue weighted by molar-refractivity contribution is 5.90. The van der Waals surface area contributed by atoms with Gasteiger partial charge < -0.3 is 11.1 Å². The van der Waals surface area contributed by atoms with E-state index in [2.05, 4.69) is 10.3 Å². The van der Waals surface area contributed by atoms with E-state index in [-0.39, 0.29) is 5.91 Å². The van der Waals surface area contributed by atoms with Crippen molar-refractivity contribution in [1.29, 1.82) is 0 Å². The number of nitrogens with two attached hydrogens (primary N) is 1. The van der Waals surface area contributed by atoms with Gasteiger partial charge >= 0.3 is 0 Å². The zero-order valence-corrected chi connectivity index (χ0v) is 8.94. The third kappa shape index (κ3) is 4.56. The van der Waals surface area contributed by atoms with Gasteiger partial charge in [0.2, 0.25) is 5.91 Å². The number of rotatable bonds is 5. The monoisotopic (exact) mass is 207 g/mol. The minimum absolute atomic E-state index is 0.0169. The Balaban J connectivity index is 2.31. The molecule has 82 valence electrons. The summed E-state index contributed by atoms with van der Waals surface area (Å²) < 4.78 is 0. The highest BCUT2D eigenvalue weighted by Gasteiger charge is 2.05. The molecular formula is C11H17N3O. The topological polar surface area (TPSA) is 68.0 Å². The van der Waals surface area contributed by atoms with Crippen molar-refractivity contribution in [2.75, 3.05) is 11.9 Å². The molecular weight excluding hydrogens is 190 g/mol. The number of anilines is 1. The van der Waals surface area contributed by atoms with Crippen LogP contribution in [0.1, 0.15) is 19.8 Å². The van der Waals surface area contributed by atoms with E-state index in [4.69, 9.17) is 5.73 Å². The fraction of sp³-hybridized carbons (Fsp3) is 0.455. The van der Waals surface area contributed by atoms with Gasteiger partial charge in [0.25, 0.3) is 0 Å². The number of carbonyl (C=O) groups excluding carboxylic acids is 1. The highest BCUT2D eigenvalue weighted by Crippen LogP contribution is 2.07. The predicted octanol–water partition coefficient (Wildman–Crippen LogP) is 1.40. The summed E-state index contributed by atoms with van der Waals surface area (Å²) in [6.07, 6.45) is 4.63. The summed E-state index contributed by atoms with van der Waals surface area (Å²) in [5.41, 5.74) is 6.21. The molecule has 15 heavy (non-hydrogen) atoms. The van der Waals surface area contributed by atoms with E-state index in [1.54, 1.807) is 18.5 Å². The lowest BCUT2D eigenvalue weighted by Gasteiger charge is -2.08. The Morgan fingerprint density at radius 1 is 1.67 bits per heavy atom. The van der Waals surface area contributed by atoms with E-state index >= 15 is 0 Å². The molecule has 0 radical (unpaired) electrons. The number of pyridine rings is 1. The number of hydrogen-bond donors (Lipinski definition) is 2. The molecule has 0 aliphatic heterocycles. The molecule has 1 unspecified atom stereocenters. The summed E-state index contributed by atoms with van der Waals surface area (Å²) in [7, 11) is 0. The zero-order valence-electron chi connectivity index (χ0n) is 8.94. The molecule has 1 rings (SSSR count). The standard InChI is InChI=1S/C11H17N3O/c1-9(7-12)4-5-11(15)14-10-3-2-6-13-8-10/h2-3,6,8-9H,4-5,7,12H2,1H3,(H,14,15). The van der Waals surface area contributed by atoms with Gasteiger partial charge in [-0.05, 0) is 31.0 Å². The molecule has 0 saturated carbocycles. The van der Waals surface area contributed by atoms with Crippen molar-refractivity contribution in [3.05, 3.63) is 24.5 Å². The van der Waals surface area contributed by atoms with Crippen molar-refractivity contribution in [2.24, 2.45) is 11.7 Å². The number of hydrogen-bond acceptors (Lipinski definition) is 3. The Morgan fingerprint density at radius 3 is 3.07 bits per heavy atom. The van der Waals surface area contributed by atoms with Crippen molar-refractivity contribution < 1.29 is 4.79 Å². The van der Waals surface area contributed by atoms with Crippen LogP contribution in [0.4, 0.5) is 5.69 Å². The van der Waals surface area contributed by atoms with Crippen LogP contribution in [-0.4, -0.2) is 17.4 Å². The lowest BCUT2D eigenvalue weighted by molar-refractivity contribution is -0.116. The Kier molecular flexibility index (Phi) is 4.77. The number of nitrogens with zero attached hydrogens (tertiary/aromatic N) is 1. The van der Waals surface area contributed by atoms with Gasteiger partial charge in [0.1, 0.15) is 0 Å². The second-order valence-corrected chi connectivity index (χ2v) is 3.67. The summed E-state index contributed by atoms with van der Waals surface area (Å²) in [6, 6.07) is 3.61. The smallest absolute Gasteiger partial charge is 0.224 e. The first-order chi connectivity index (χ1) is 7.22. The molecule has 1 amide bonds. The first kappa shape index (κ1) is 11.7. The minimum Gasteiger partial charge on any atom is -0.330 e. The molecule has 0 saturated heterocycles. The summed E-state index contributed by atoms with van der Waals surface area (Å²) in [6.45, 7) is 2.66. The van der Waals surface area contributed by atoms with Gasteiger partial charge in [-0.1, -0.05) is 6.92 Å². The van der Waals surface area contributed by atoms with E-state index < -0.39 is 0 Å². The average molecular weight is 207 g/mol. The summed E-state index contributed by atoms with van der Waals surface area (Å²) in [5.74, 6) is 0.410. The third-order valence-electron chi connectivity index (χ3n) is 2.21. The normalized spacial score (nSPS) is 12.1. The third-order valence-corrected chi connectivity index (χ3v) is 2.21. The van der Waals surface area contributed by atoms with Crippen LogP contribution in [0.25, 0.3) is 0 Å². The fourth-order valence-corrected chi connectivity index (χ4v) is 1.16. The SMILES string of the molecule is CC(CN)CCC(=O)Nc1cccnc1. The Labute approximate surface area is 89.9 Å². The van der Waals surface area contributed by atoms with Crippen molar-refractivity contribution >= 4 is 11.6 Å². The van der Waals surface area contributed by atoms with Crippen LogP contribution < -0.4 is 11.1 Å². The molecule has 0 bridgehead atoms. The summed E-state index contributed by atoms with van der Waals surface area (Å²) in [4.78, 5) is 15.4. The van der Waals surface area contributed by atoms with Gasteiger partial charge in [0, 0.05) is 12.6 Å². The van der Waals surface area contributed by atoms with Gasteiger partial charge in [0.05, 0.1) is 11.9 Å². The predicted molar refractivity (Wildman–Crippen MR) is 60.3 cm³/mol. The maximum absolute atomic E-state index is 11.5. The molecule has 1 aromatic heterocycles. The van der Waals surface area contributed by atoms with Crippen LogP contribution in [0, 0.1) is 5.92 Å². The molecule has 1 atom stereocenters. The number of aromatic nitrogens is 1. The van der Waals surface area contributed by atoms with Crippen molar-refractivity contribution in [3.8, 4) is 0 Å². The summed E-state index contributed by atoms with van der Waals surface area (Å²) in [5, 5.41) is 2.78. The maximum atomic E-state index is 11.5. The van der Waals surface area contributed by atoms with Gasteiger partial charge in [-0.15, -0.1) is 0 Å². The summed E-state index contributed by atoms with van der Waals surface area (Å²) >= 11 is 0. The van der Waals surface area contributed by atoms with Gasteiger partial charge in [-0.3, -0.25) is 9.78 Å².